The normalized spacial score (nSPS) is 10.2. The fraction of sp³-hybridized carbons (Fsp3) is 0.143. The van der Waals surface area contributed by atoms with E-state index in [2.05, 4.69) is 20.4 Å². The smallest absolute Gasteiger partial charge is 0.348 e. The van der Waals surface area contributed by atoms with Crippen molar-refractivity contribution in [1.29, 1.82) is 0 Å². The topological polar surface area (TPSA) is 97.4 Å². The number of pyridine rings is 1. The number of nitrogens with one attached hydrogen (secondary N) is 2. The molecule has 2 heterocycles. The van der Waals surface area contributed by atoms with Gasteiger partial charge in [-0.05, 0) is 42.0 Å². The lowest BCUT2D eigenvalue weighted by Crippen LogP contribution is -2.24. The Morgan fingerprint density at radius 2 is 1.62 bits per heavy atom. The van der Waals surface area contributed by atoms with E-state index in [1.54, 1.807) is 42.6 Å². The molecule has 0 spiro atoms. The summed E-state index contributed by atoms with van der Waals surface area (Å²) in [4.78, 5) is 40.9. The average Bonchev–Trinajstić information content (AvgIpc) is 3.27. The van der Waals surface area contributed by atoms with Crippen LogP contribution in [0.25, 0.3) is 0 Å². The summed E-state index contributed by atoms with van der Waals surface area (Å²) in [6.45, 7) is 0.659. The molecule has 0 atom stereocenters. The molecule has 7 nitrogen and oxygen atoms in total. The van der Waals surface area contributed by atoms with E-state index in [4.69, 9.17) is 0 Å². The Kier molecular flexibility index (Phi) is 6.70. The van der Waals surface area contributed by atoms with E-state index in [9.17, 15) is 14.4 Å². The third kappa shape index (κ3) is 5.49. The highest BCUT2D eigenvalue weighted by atomic mass is 32.1. The van der Waals surface area contributed by atoms with Gasteiger partial charge in [0.15, 0.2) is 0 Å². The number of aromatic nitrogens is 1. The number of nitrogens with zero attached hydrogens (tertiary/aromatic N) is 1. The van der Waals surface area contributed by atoms with Crippen molar-refractivity contribution in [1.82, 2.24) is 15.6 Å². The molecule has 3 aromatic rings. The van der Waals surface area contributed by atoms with Crippen LogP contribution in [0.4, 0.5) is 0 Å². The molecule has 0 bridgehead atoms. The highest BCUT2D eigenvalue weighted by molar-refractivity contribution is 7.15. The number of methoxy groups -OCH3 is 1. The number of benzene rings is 1. The quantitative estimate of drug-likeness (QED) is 0.585. The van der Waals surface area contributed by atoms with Crippen molar-refractivity contribution in [2.75, 3.05) is 7.11 Å². The maximum Gasteiger partial charge on any atom is 0.348 e. The van der Waals surface area contributed by atoms with Gasteiger partial charge in [0.1, 0.15) is 4.88 Å². The first-order chi connectivity index (χ1) is 14.1. The van der Waals surface area contributed by atoms with E-state index in [0.717, 1.165) is 22.6 Å². The molecule has 0 aliphatic heterocycles. The third-order valence-electron chi connectivity index (χ3n) is 4.04. The first-order valence-electron chi connectivity index (χ1n) is 8.80. The molecule has 2 amide bonds. The van der Waals surface area contributed by atoms with Crippen LogP contribution in [0.15, 0.2) is 60.8 Å². The molecule has 8 heteroatoms. The van der Waals surface area contributed by atoms with Gasteiger partial charge in [0, 0.05) is 18.3 Å². The lowest BCUT2D eigenvalue weighted by molar-refractivity contribution is 0.0606. The summed E-state index contributed by atoms with van der Waals surface area (Å²) in [5.41, 5.74) is 2.16. The van der Waals surface area contributed by atoms with Gasteiger partial charge in [-0.1, -0.05) is 18.2 Å². The molecule has 0 saturated heterocycles. The van der Waals surface area contributed by atoms with E-state index in [1.807, 2.05) is 18.2 Å². The molecule has 3 rings (SSSR count). The zero-order chi connectivity index (χ0) is 20.6. The van der Waals surface area contributed by atoms with E-state index in [1.165, 1.54) is 7.11 Å². The maximum atomic E-state index is 12.2. The van der Waals surface area contributed by atoms with Crippen molar-refractivity contribution >= 4 is 29.1 Å². The van der Waals surface area contributed by atoms with Crippen LogP contribution in [0.3, 0.4) is 0 Å². The van der Waals surface area contributed by atoms with Crippen LogP contribution in [0.5, 0.6) is 0 Å². The number of ether oxygens (including phenoxy) is 1. The minimum absolute atomic E-state index is 0.194. The van der Waals surface area contributed by atoms with Gasteiger partial charge < -0.3 is 15.4 Å². The monoisotopic (exact) mass is 409 g/mol. The van der Waals surface area contributed by atoms with Gasteiger partial charge in [-0.25, -0.2) is 4.79 Å². The van der Waals surface area contributed by atoms with Crippen molar-refractivity contribution in [2.45, 2.75) is 13.1 Å². The average molecular weight is 409 g/mol. The van der Waals surface area contributed by atoms with E-state index < -0.39 is 5.97 Å². The Morgan fingerprint density at radius 3 is 2.31 bits per heavy atom. The highest BCUT2D eigenvalue weighted by Gasteiger charge is 2.14. The molecule has 0 aliphatic carbocycles. The Labute approximate surface area is 171 Å². The van der Waals surface area contributed by atoms with Crippen LogP contribution < -0.4 is 10.6 Å². The maximum absolute atomic E-state index is 12.2. The standard InChI is InChI=1S/C21H19N3O4S/c1-28-21(27)18-10-9-17(29-18)20(26)23-12-14-5-7-15(8-6-14)19(25)24-13-16-4-2-3-11-22-16/h2-11H,12-13H2,1H3,(H,23,26)(H,24,25). The number of carbonyl (C=O) groups is 3. The summed E-state index contributed by atoms with van der Waals surface area (Å²) in [7, 11) is 1.30. The van der Waals surface area contributed by atoms with Crippen LogP contribution in [0.1, 0.15) is 41.0 Å². The van der Waals surface area contributed by atoms with Gasteiger partial charge in [0.2, 0.25) is 0 Å². The molecule has 2 N–H and O–H groups in total. The van der Waals surface area contributed by atoms with Crippen molar-refractivity contribution in [3.8, 4) is 0 Å². The van der Waals surface area contributed by atoms with Gasteiger partial charge in [-0.3, -0.25) is 14.6 Å². The number of rotatable bonds is 7. The minimum atomic E-state index is -0.467. The SMILES string of the molecule is COC(=O)c1ccc(C(=O)NCc2ccc(C(=O)NCc3ccccn3)cc2)s1. The number of carbonyl (C=O) groups excluding carboxylic acids is 3. The second-order valence-electron chi connectivity index (χ2n) is 6.04. The van der Waals surface area contributed by atoms with Gasteiger partial charge in [-0.15, -0.1) is 11.3 Å². The third-order valence-corrected chi connectivity index (χ3v) is 5.11. The minimum Gasteiger partial charge on any atom is -0.465 e. The Morgan fingerprint density at radius 1 is 0.897 bits per heavy atom. The first-order valence-corrected chi connectivity index (χ1v) is 9.62. The summed E-state index contributed by atoms with van der Waals surface area (Å²) in [6.07, 6.45) is 1.68. The summed E-state index contributed by atoms with van der Waals surface area (Å²) in [6, 6.07) is 15.6. The molecular weight excluding hydrogens is 390 g/mol. The van der Waals surface area contributed by atoms with Gasteiger partial charge >= 0.3 is 5.97 Å². The summed E-state index contributed by atoms with van der Waals surface area (Å²) in [5.74, 6) is -0.937. The number of hydrogen-bond donors (Lipinski definition) is 2. The van der Waals surface area contributed by atoms with Crippen molar-refractivity contribution in [2.24, 2.45) is 0 Å². The zero-order valence-electron chi connectivity index (χ0n) is 15.7. The second-order valence-corrected chi connectivity index (χ2v) is 7.12. The molecule has 2 aromatic heterocycles. The molecule has 0 radical (unpaired) electrons. The van der Waals surface area contributed by atoms with Crippen molar-refractivity contribution in [3.05, 3.63) is 87.4 Å². The predicted molar refractivity (Wildman–Crippen MR) is 109 cm³/mol. The Bertz CT molecular complexity index is 1000. The second kappa shape index (κ2) is 9.61. The molecule has 148 valence electrons. The van der Waals surface area contributed by atoms with Gasteiger partial charge in [0.25, 0.3) is 11.8 Å². The van der Waals surface area contributed by atoms with Crippen LogP contribution >= 0.6 is 11.3 Å². The number of amides is 2. The predicted octanol–water partition coefficient (Wildman–Crippen LogP) is 2.79. The van der Waals surface area contributed by atoms with E-state index in [0.29, 0.717) is 28.4 Å². The molecule has 0 unspecified atom stereocenters. The molecule has 29 heavy (non-hydrogen) atoms. The fourth-order valence-electron chi connectivity index (χ4n) is 2.49. The van der Waals surface area contributed by atoms with Crippen LogP contribution in [-0.4, -0.2) is 29.9 Å². The van der Waals surface area contributed by atoms with Crippen molar-refractivity contribution < 1.29 is 19.1 Å². The molecule has 0 saturated carbocycles. The van der Waals surface area contributed by atoms with Crippen LogP contribution in [-0.2, 0) is 17.8 Å². The Balaban J connectivity index is 1.51. The van der Waals surface area contributed by atoms with Crippen molar-refractivity contribution in [3.63, 3.8) is 0 Å². The number of esters is 1. The lowest BCUT2D eigenvalue weighted by Gasteiger charge is -2.07. The fourth-order valence-corrected chi connectivity index (χ4v) is 3.33. The van der Waals surface area contributed by atoms with Crippen LogP contribution in [0.2, 0.25) is 0 Å². The molecular formula is C21H19N3O4S. The highest BCUT2D eigenvalue weighted by Crippen LogP contribution is 2.17. The summed E-state index contributed by atoms with van der Waals surface area (Å²) >= 11 is 1.07. The molecule has 0 fully saturated rings. The van der Waals surface area contributed by atoms with Crippen LogP contribution in [0, 0.1) is 0 Å². The summed E-state index contributed by atoms with van der Waals surface area (Å²) < 4.78 is 4.64. The largest absolute Gasteiger partial charge is 0.465 e. The lowest BCUT2D eigenvalue weighted by atomic mass is 10.1. The Hall–Kier alpha value is -3.52. The summed E-state index contributed by atoms with van der Waals surface area (Å²) in [5, 5.41) is 5.61. The number of hydrogen-bond acceptors (Lipinski definition) is 6. The first kappa shape index (κ1) is 20.2. The number of thiophene rings is 1. The van der Waals surface area contributed by atoms with E-state index >= 15 is 0 Å². The zero-order valence-corrected chi connectivity index (χ0v) is 16.5. The van der Waals surface area contributed by atoms with E-state index in [-0.39, 0.29) is 11.8 Å². The molecule has 0 aliphatic rings. The van der Waals surface area contributed by atoms with Gasteiger partial charge in [0.05, 0.1) is 24.2 Å². The molecule has 1 aromatic carbocycles. The van der Waals surface area contributed by atoms with Gasteiger partial charge in [-0.2, -0.15) is 0 Å².